The van der Waals surface area contributed by atoms with Gasteiger partial charge >= 0.3 is 5.69 Å². The Balaban J connectivity index is 2.08. The van der Waals surface area contributed by atoms with Crippen LogP contribution in [-0.2, 0) is 13.8 Å². The zero-order chi connectivity index (χ0) is 22.4. The van der Waals surface area contributed by atoms with Crippen molar-refractivity contribution in [3.8, 4) is 6.07 Å². The second-order valence-electron chi connectivity index (χ2n) is 7.75. The lowest BCUT2D eigenvalue weighted by Crippen LogP contribution is -2.35. The first-order valence-corrected chi connectivity index (χ1v) is 11.2. The zero-order valence-corrected chi connectivity index (χ0v) is 19.0. The smallest absolute Gasteiger partial charge is 0.330 e. The molecule has 1 fully saturated rings. The second kappa shape index (κ2) is 11.1. The molecule has 0 bridgehead atoms. The fourth-order valence-corrected chi connectivity index (χ4v) is 4.90. The van der Waals surface area contributed by atoms with Crippen molar-refractivity contribution >= 4 is 8.53 Å². The highest BCUT2D eigenvalue weighted by Crippen LogP contribution is 2.46. The van der Waals surface area contributed by atoms with E-state index in [4.69, 9.17) is 19.0 Å². The van der Waals surface area contributed by atoms with E-state index in [1.54, 1.807) is 6.92 Å². The van der Waals surface area contributed by atoms with Gasteiger partial charge < -0.3 is 18.9 Å². The molecule has 0 amide bonds. The first-order valence-electron chi connectivity index (χ1n) is 10.0. The fraction of sp³-hybridized carbons (Fsp3) is 0.737. The van der Waals surface area contributed by atoms with Crippen molar-refractivity contribution in [3.63, 3.8) is 0 Å². The number of hydrogen-bond acceptors (Lipinski definition) is 8. The van der Waals surface area contributed by atoms with Crippen LogP contribution in [0.1, 0.15) is 52.3 Å². The Kier molecular flexibility index (Phi) is 9.16. The number of rotatable bonds is 10. The van der Waals surface area contributed by atoms with Crippen molar-refractivity contribution in [1.29, 1.82) is 5.26 Å². The van der Waals surface area contributed by atoms with Crippen molar-refractivity contribution in [1.82, 2.24) is 14.2 Å². The molecule has 1 aliphatic heterocycles. The van der Waals surface area contributed by atoms with Gasteiger partial charge in [0.1, 0.15) is 12.3 Å². The van der Waals surface area contributed by atoms with Crippen molar-refractivity contribution < 1.29 is 18.9 Å². The number of H-pyrrole nitrogens is 1. The van der Waals surface area contributed by atoms with E-state index >= 15 is 0 Å². The number of aliphatic hydroxyl groups excluding tert-OH is 1. The van der Waals surface area contributed by atoms with Crippen LogP contribution in [0.3, 0.4) is 0 Å². The van der Waals surface area contributed by atoms with Gasteiger partial charge in [0.25, 0.3) is 14.1 Å². The molecule has 2 heterocycles. The molecular formula is C19H31N4O6P. The predicted molar refractivity (Wildman–Crippen MR) is 112 cm³/mol. The molecule has 4 atom stereocenters. The van der Waals surface area contributed by atoms with Crippen LogP contribution in [-0.4, -0.2) is 56.8 Å². The Morgan fingerprint density at radius 1 is 1.37 bits per heavy atom. The van der Waals surface area contributed by atoms with E-state index in [0.717, 1.165) is 0 Å². The van der Waals surface area contributed by atoms with Crippen molar-refractivity contribution in [2.75, 3.05) is 13.2 Å². The summed E-state index contributed by atoms with van der Waals surface area (Å²) >= 11 is 0. The van der Waals surface area contributed by atoms with E-state index in [2.05, 4.69) is 15.7 Å². The van der Waals surface area contributed by atoms with Crippen molar-refractivity contribution in [2.24, 2.45) is 0 Å². The van der Waals surface area contributed by atoms with Crippen LogP contribution in [0.4, 0.5) is 0 Å². The molecule has 2 rings (SSSR count). The van der Waals surface area contributed by atoms with Gasteiger partial charge in [0.2, 0.25) is 0 Å². The molecule has 1 aromatic rings. The normalized spacial score (nSPS) is 22.7. The zero-order valence-electron chi connectivity index (χ0n) is 18.1. The quantitative estimate of drug-likeness (QED) is 0.414. The molecular weight excluding hydrogens is 411 g/mol. The molecule has 2 N–H and O–H groups in total. The highest BCUT2D eigenvalue weighted by Gasteiger charge is 2.37. The first-order chi connectivity index (χ1) is 14.1. The minimum absolute atomic E-state index is 0.0724. The SMILES string of the molecule is Cc1cn([C@H]2C[C@H](O)[C@@H](COP(OCCC#N)N(C(C)C)C(C)C)O2)c(=O)[nH]c1=O. The van der Waals surface area contributed by atoms with Crippen LogP contribution in [0.5, 0.6) is 0 Å². The van der Waals surface area contributed by atoms with E-state index in [-0.39, 0.29) is 38.1 Å². The fourth-order valence-electron chi connectivity index (χ4n) is 3.29. The number of nitrogens with one attached hydrogen (secondary N) is 1. The minimum Gasteiger partial charge on any atom is -0.390 e. The Labute approximate surface area is 177 Å². The van der Waals surface area contributed by atoms with Gasteiger partial charge in [-0.05, 0) is 34.6 Å². The average molecular weight is 442 g/mol. The molecule has 168 valence electrons. The van der Waals surface area contributed by atoms with Gasteiger partial charge in [0.05, 0.1) is 31.8 Å². The molecule has 0 aliphatic carbocycles. The molecule has 30 heavy (non-hydrogen) atoms. The summed E-state index contributed by atoms with van der Waals surface area (Å²) in [5.74, 6) is 0. The Hall–Kier alpha value is -1.60. The number of nitriles is 1. The largest absolute Gasteiger partial charge is 0.390 e. The topological polar surface area (TPSA) is 130 Å². The molecule has 0 saturated carbocycles. The lowest BCUT2D eigenvalue weighted by molar-refractivity contribution is -0.0434. The number of aryl methyl sites for hydroxylation is 1. The maximum absolute atomic E-state index is 12.1. The number of aliphatic hydroxyl groups is 1. The number of aromatic nitrogens is 2. The molecule has 0 aromatic carbocycles. The standard InChI is InChI=1S/C19H31N4O6P/c1-12(2)23(13(3)4)30(27-8-6-7-20)28-11-16-15(24)9-17(29-16)22-10-14(5)18(25)21-19(22)26/h10,12-13,15-17,24H,6,8-9,11H2,1-5H3,(H,21,25,26)/t15-,16+,17+,30?/m0/s1. The summed E-state index contributed by atoms with van der Waals surface area (Å²) in [6.45, 7) is 10.1. The van der Waals surface area contributed by atoms with Gasteiger partial charge in [-0.15, -0.1) is 0 Å². The van der Waals surface area contributed by atoms with Gasteiger partial charge in [0, 0.05) is 30.3 Å². The summed E-state index contributed by atoms with van der Waals surface area (Å²) in [5.41, 5.74) is -0.652. The summed E-state index contributed by atoms with van der Waals surface area (Å²) in [6, 6.07) is 2.36. The summed E-state index contributed by atoms with van der Waals surface area (Å²) in [5, 5.41) is 19.2. The van der Waals surface area contributed by atoms with Gasteiger partial charge in [-0.1, -0.05) is 0 Å². The van der Waals surface area contributed by atoms with Crippen LogP contribution >= 0.6 is 8.53 Å². The van der Waals surface area contributed by atoms with Gasteiger partial charge in [-0.2, -0.15) is 5.26 Å². The van der Waals surface area contributed by atoms with Gasteiger partial charge in [0.15, 0.2) is 0 Å². The summed E-state index contributed by atoms with van der Waals surface area (Å²) in [6.07, 6.45) is -0.306. The van der Waals surface area contributed by atoms with Crippen molar-refractivity contribution in [2.45, 2.75) is 78.0 Å². The summed E-state index contributed by atoms with van der Waals surface area (Å²) in [4.78, 5) is 25.9. The van der Waals surface area contributed by atoms with E-state index in [0.29, 0.717) is 5.56 Å². The lowest BCUT2D eigenvalue weighted by atomic mass is 10.2. The number of ether oxygens (including phenoxy) is 1. The van der Waals surface area contributed by atoms with Crippen LogP contribution in [0, 0.1) is 18.3 Å². The third-order valence-corrected chi connectivity index (χ3v) is 6.75. The Morgan fingerprint density at radius 3 is 2.63 bits per heavy atom. The van der Waals surface area contributed by atoms with Crippen molar-refractivity contribution in [3.05, 3.63) is 32.6 Å². The van der Waals surface area contributed by atoms with E-state index < -0.39 is 38.2 Å². The van der Waals surface area contributed by atoms with Crippen LogP contribution in [0.2, 0.25) is 0 Å². The number of nitrogens with zero attached hydrogens (tertiary/aromatic N) is 3. The van der Waals surface area contributed by atoms with E-state index in [1.165, 1.54) is 10.8 Å². The number of hydrogen-bond donors (Lipinski definition) is 2. The molecule has 11 heteroatoms. The van der Waals surface area contributed by atoms with Crippen LogP contribution in [0.25, 0.3) is 0 Å². The maximum atomic E-state index is 12.1. The average Bonchev–Trinajstić information content (AvgIpc) is 3.02. The lowest BCUT2D eigenvalue weighted by Gasteiger charge is -2.36. The highest BCUT2D eigenvalue weighted by molar-refractivity contribution is 7.44. The molecule has 1 aromatic heterocycles. The van der Waals surface area contributed by atoms with E-state index in [1.807, 2.05) is 27.7 Å². The van der Waals surface area contributed by atoms with Gasteiger partial charge in [-0.25, -0.2) is 9.46 Å². The third-order valence-electron chi connectivity index (χ3n) is 4.67. The predicted octanol–water partition coefficient (Wildman–Crippen LogP) is 1.79. The summed E-state index contributed by atoms with van der Waals surface area (Å²) in [7, 11) is -1.46. The molecule has 0 spiro atoms. The molecule has 1 aliphatic rings. The maximum Gasteiger partial charge on any atom is 0.330 e. The monoisotopic (exact) mass is 442 g/mol. The van der Waals surface area contributed by atoms with Crippen LogP contribution < -0.4 is 11.2 Å². The van der Waals surface area contributed by atoms with Crippen LogP contribution in [0.15, 0.2) is 15.8 Å². The number of aromatic amines is 1. The summed E-state index contributed by atoms with van der Waals surface area (Å²) < 4.78 is 21.1. The van der Waals surface area contributed by atoms with E-state index in [9.17, 15) is 14.7 Å². The second-order valence-corrected chi connectivity index (χ2v) is 9.21. The molecule has 1 saturated heterocycles. The minimum atomic E-state index is -1.46. The Bertz CT molecular complexity index is 841. The first kappa shape index (κ1) is 24.7. The third kappa shape index (κ3) is 6.20. The molecule has 0 radical (unpaired) electrons. The highest BCUT2D eigenvalue weighted by atomic mass is 31.2. The molecule has 1 unspecified atom stereocenters. The molecule has 10 nitrogen and oxygen atoms in total. The Morgan fingerprint density at radius 2 is 2.03 bits per heavy atom. The van der Waals surface area contributed by atoms with Gasteiger partial charge in [-0.3, -0.25) is 14.3 Å².